The Morgan fingerprint density at radius 2 is 1.58 bits per heavy atom. The van der Waals surface area contributed by atoms with Crippen LogP contribution in [0.4, 0.5) is 42.1 Å². The summed E-state index contributed by atoms with van der Waals surface area (Å²) in [6.07, 6.45) is -6.72. The summed E-state index contributed by atoms with van der Waals surface area (Å²) < 4.78 is 95.0. The first kappa shape index (κ1) is 25.1. The highest BCUT2D eigenvalue weighted by Crippen LogP contribution is 2.45. The van der Waals surface area contributed by atoms with E-state index < -0.39 is 41.9 Å². The van der Waals surface area contributed by atoms with E-state index >= 15 is 0 Å². The maximum Gasteiger partial charge on any atom is 0.459 e. The molecule has 0 amide bonds. The van der Waals surface area contributed by atoms with Crippen molar-refractivity contribution < 1.29 is 30.7 Å². The maximum absolute atomic E-state index is 14.5. The van der Waals surface area contributed by atoms with Gasteiger partial charge in [0.15, 0.2) is 0 Å². The highest BCUT2D eigenvalue weighted by atomic mass is 35.5. The number of halogens is 8. The molecular weight excluding hydrogens is 477 g/mol. The van der Waals surface area contributed by atoms with Gasteiger partial charge in [0.05, 0.1) is 11.7 Å². The number of alkyl halides is 5. The van der Waals surface area contributed by atoms with Crippen LogP contribution in [0.25, 0.3) is 0 Å². The van der Waals surface area contributed by atoms with Crippen LogP contribution in [0, 0.1) is 11.6 Å². The van der Waals surface area contributed by atoms with Crippen molar-refractivity contribution in [3.63, 3.8) is 0 Å². The van der Waals surface area contributed by atoms with Gasteiger partial charge in [-0.15, -0.1) is 12.4 Å². The molecule has 0 radical (unpaired) electrons. The summed E-state index contributed by atoms with van der Waals surface area (Å²) in [6, 6.07) is 7.74. The molecule has 2 aliphatic rings. The van der Waals surface area contributed by atoms with E-state index in [0.29, 0.717) is 19.2 Å². The van der Waals surface area contributed by atoms with Crippen LogP contribution in [-0.2, 0) is 0 Å². The molecular formula is C21H20ClF7N4. The largest absolute Gasteiger partial charge is 0.459 e. The van der Waals surface area contributed by atoms with Gasteiger partial charge in [0, 0.05) is 49.9 Å². The van der Waals surface area contributed by atoms with Crippen LogP contribution in [0.2, 0.25) is 0 Å². The Kier molecular flexibility index (Phi) is 7.13. The average molecular weight is 497 g/mol. The minimum Gasteiger partial charge on any atom is -0.369 e. The first-order chi connectivity index (χ1) is 15.1. The molecule has 0 spiro atoms. The zero-order valence-corrected chi connectivity index (χ0v) is 17.9. The first-order valence-corrected chi connectivity index (χ1v) is 9.90. The van der Waals surface area contributed by atoms with Crippen LogP contribution >= 0.6 is 12.4 Å². The second-order valence-corrected chi connectivity index (χ2v) is 7.61. The fourth-order valence-electron chi connectivity index (χ4n) is 3.87. The number of hydrogen-bond donors (Lipinski definition) is 1. The molecule has 1 saturated heterocycles. The summed E-state index contributed by atoms with van der Waals surface area (Å²) in [5.74, 6) is -7.13. The van der Waals surface area contributed by atoms with Crippen LogP contribution in [0.5, 0.6) is 0 Å². The van der Waals surface area contributed by atoms with Crippen LogP contribution in [0.3, 0.4) is 0 Å². The summed E-state index contributed by atoms with van der Waals surface area (Å²) in [6.45, 7) is 2.83. The van der Waals surface area contributed by atoms with E-state index in [0.717, 1.165) is 35.9 Å². The number of nitrogens with zero attached hydrogens (tertiary/aromatic N) is 3. The average Bonchev–Trinajstić information content (AvgIpc) is 3.19. The lowest BCUT2D eigenvalue weighted by Gasteiger charge is -2.31. The van der Waals surface area contributed by atoms with Crippen LogP contribution in [-0.4, -0.2) is 44.0 Å². The number of hydrazone groups is 1. The molecule has 12 heteroatoms. The molecule has 2 heterocycles. The topological polar surface area (TPSA) is 30.9 Å². The van der Waals surface area contributed by atoms with Gasteiger partial charge in [-0.2, -0.15) is 27.1 Å². The first-order valence-electron chi connectivity index (χ1n) is 9.90. The molecule has 2 aromatic carbocycles. The van der Waals surface area contributed by atoms with Gasteiger partial charge in [0.1, 0.15) is 17.3 Å². The number of hydrogen-bond acceptors (Lipinski definition) is 4. The molecule has 4 rings (SSSR count). The molecule has 1 unspecified atom stereocenters. The van der Waals surface area contributed by atoms with E-state index in [9.17, 15) is 30.7 Å². The molecule has 0 bridgehead atoms. The van der Waals surface area contributed by atoms with Crippen molar-refractivity contribution in [3.05, 3.63) is 59.7 Å². The molecule has 1 atom stereocenters. The smallest absolute Gasteiger partial charge is 0.369 e. The van der Waals surface area contributed by atoms with Gasteiger partial charge in [-0.05, 0) is 24.3 Å². The Bertz CT molecular complexity index is 1020. The zero-order chi connectivity index (χ0) is 23.1. The van der Waals surface area contributed by atoms with E-state index in [1.807, 2.05) is 4.90 Å². The van der Waals surface area contributed by atoms with Crippen molar-refractivity contribution in [1.29, 1.82) is 0 Å². The number of rotatable bonds is 4. The lowest BCUT2D eigenvalue weighted by atomic mass is 9.98. The third kappa shape index (κ3) is 4.89. The van der Waals surface area contributed by atoms with Crippen molar-refractivity contribution in [1.82, 2.24) is 5.32 Å². The monoisotopic (exact) mass is 496 g/mol. The number of piperazine rings is 1. The van der Waals surface area contributed by atoms with Gasteiger partial charge >= 0.3 is 12.1 Å². The van der Waals surface area contributed by atoms with Crippen molar-refractivity contribution in [3.8, 4) is 0 Å². The van der Waals surface area contributed by atoms with Gasteiger partial charge in [-0.3, -0.25) is 5.01 Å². The Morgan fingerprint density at radius 1 is 0.909 bits per heavy atom. The molecule has 0 saturated carbocycles. The summed E-state index contributed by atoms with van der Waals surface area (Å²) >= 11 is 0. The van der Waals surface area contributed by atoms with Gasteiger partial charge in [-0.1, -0.05) is 12.1 Å². The molecule has 33 heavy (non-hydrogen) atoms. The molecule has 180 valence electrons. The Balaban J connectivity index is 0.00000306. The van der Waals surface area contributed by atoms with Crippen LogP contribution in [0.15, 0.2) is 47.6 Å². The van der Waals surface area contributed by atoms with Gasteiger partial charge < -0.3 is 10.2 Å². The predicted octanol–water partition coefficient (Wildman–Crippen LogP) is 5.30. The minimum absolute atomic E-state index is 0. The molecule has 2 aromatic rings. The molecule has 2 aliphatic heterocycles. The lowest BCUT2D eigenvalue weighted by Crippen LogP contribution is -2.43. The Labute approximate surface area is 191 Å². The van der Waals surface area contributed by atoms with Crippen molar-refractivity contribution in [2.45, 2.75) is 24.6 Å². The predicted molar refractivity (Wildman–Crippen MR) is 113 cm³/mol. The second-order valence-electron chi connectivity index (χ2n) is 7.61. The number of nitrogens with one attached hydrogen (secondary N) is 1. The summed E-state index contributed by atoms with van der Waals surface area (Å²) in [5, 5.41) is 7.74. The van der Waals surface area contributed by atoms with Crippen LogP contribution < -0.4 is 15.2 Å². The molecule has 1 N–H and O–H groups in total. The highest BCUT2D eigenvalue weighted by molar-refractivity contribution is 5.95. The Morgan fingerprint density at radius 3 is 2.21 bits per heavy atom. The van der Waals surface area contributed by atoms with E-state index in [4.69, 9.17) is 0 Å². The van der Waals surface area contributed by atoms with Crippen LogP contribution in [0.1, 0.15) is 18.0 Å². The van der Waals surface area contributed by atoms with Gasteiger partial charge in [0.2, 0.25) is 0 Å². The molecule has 1 fully saturated rings. The Hall–Kier alpha value is -2.53. The summed E-state index contributed by atoms with van der Waals surface area (Å²) in [7, 11) is 0. The third-order valence-corrected chi connectivity index (χ3v) is 5.53. The van der Waals surface area contributed by atoms with Gasteiger partial charge in [0.25, 0.3) is 0 Å². The summed E-state index contributed by atoms with van der Waals surface area (Å²) in [4.78, 5) is 2.03. The van der Waals surface area contributed by atoms with E-state index in [-0.39, 0.29) is 23.7 Å². The number of benzene rings is 2. The molecule has 0 aromatic heterocycles. The quantitative estimate of drug-likeness (QED) is 0.583. The molecule has 4 nitrogen and oxygen atoms in total. The SMILES string of the molecule is Cl.Fc1ccc(C2CC(C(F)(F)C(F)(F)F)=NN2c2cccc(N3CCNCC3)c2)c(F)c1. The van der Waals surface area contributed by atoms with E-state index in [1.165, 1.54) is 6.07 Å². The lowest BCUT2D eigenvalue weighted by molar-refractivity contribution is -0.249. The van der Waals surface area contributed by atoms with E-state index in [2.05, 4.69) is 10.4 Å². The maximum atomic E-state index is 14.5. The zero-order valence-electron chi connectivity index (χ0n) is 17.0. The fourth-order valence-corrected chi connectivity index (χ4v) is 3.87. The standard InChI is InChI=1S/C21H19F7N4.ClH/c22-13-4-5-16(17(23)10-13)18-12-19(20(24,25)21(26,27)28)30-32(18)15-3-1-2-14(11-15)31-8-6-29-7-9-31;/h1-5,10-11,18,29H,6-9,12H2;1H. The normalized spacial score (nSPS) is 19.4. The third-order valence-electron chi connectivity index (χ3n) is 5.53. The van der Waals surface area contributed by atoms with Crippen molar-refractivity contribution in [2.24, 2.45) is 5.10 Å². The van der Waals surface area contributed by atoms with Crippen molar-refractivity contribution in [2.75, 3.05) is 36.1 Å². The highest BCUT2D eigenvalue weighted by Gasteiger charge is 2.63. The summed E-state index contributed by atoms with van der Waals surface area (Å²) in [5.41, 5.74) is -0.696. The molecule has 0 aliphatic carbocycles. The van der Waals surface area contributed by atoms with Gasteiger partial charge in [-0.25, -0.2) is 8.78 Å². The van der Waals surface area contributed by atoms with Crippen molar-refractivity contribution >= 4 is 29.5 Å². The number of anilines is 2. The minimum atomic E-state index is -5.85. The fraction of sp³-hybridized carbons (Fsp3) is 0.381. The van der Waals surface area contributed by atoms with E-state index in [1.54, 1.807) is 18.2 Å². The second kappa shape index (κ2) is 9.38.